The van der Waals surface area contributed by atoms with Crippen LogP contribution in [-0.4, -0.2) is 0 Å². The number of hydrogen-bond donors (Lipinski definition) is 0. The van der Waals surface area contributed by atoms with Crippen LogP contribution in [0.25, 0.3) is 11.1 Å². The fourth-order valence-electron chi connectivity index (χ4n) is 5.50. The molecule has 2 fully saturated rings. The Kier molecular flexibility index (Phi) is 4.16. The lowest BCUT2D eigenvalue weighted by Crippen LogP contribution is -2.05. The Balaban J connectivity index is 1.42. The maximum Gasteiger partial charge on any atom is -0.000707 e. The SMILES string of the molecule is [c]1c(C2CCCCC2)ccc2c1Cc1cc(C3CCCCC3)ccc1-2. The summed E-state index contributed by atoms with van der Waals surface area (Å²) in [7, 11) is 0. The second-order valence-corrected chi connectivity index (χ2v) is 8.57. The summed E-state index contributed by atoms with van der Waals surface area (Å²) < 4.78 is 0. The summed E-state index contributed by atoms with van der Waals surface area (Å²) in [5.74, 6) is 1.57. The minimum atomic E-state index is 0.764. The third-order valence-electron chi connectivity index (χ3n) is 6.96. The smallest absolute Gasteiger partial charge is 0.000707 e. The van der Waals surface area contributed by atoms with E-state index in [9.17, 15) is 0 Å². The number of hydrogen-bond acceptors (Lipinski definition) is 0. The number of fused-ring (bicyclic) bond motifs is 3. The van der Waals surface area contributed by atoms with Crippen LogP contribution in [0.3, 0.4) is 0 Å². The standard InChI is InChI=1S/C25H29/c1-3-7-18(8-4-1)20-11-13-24-22(15-20)17-23-16-21(12-14-25(23)24)19-9-5-2-6-10-19/h11-15,18-19H,1-10,17H2. The molecule has 2 saturated carbocycles. The second-order valence-electron chi connectivity index (χ2n) is 8.57. The highest BCUT2D eigenvalue weighted by Crippen LogP contribution is 2.42. The summed E-state index contributed by atoms with van der Waals surface area (Å²) in [6, 6.07) is 16.0. The van der Waals surface area contributed by atoms with Gasteiger partial charge in [-0.2, -0.15) is 0 Å². The van der Waals surface area contributed by atoms with Crippen LogP contribution in [0.4, 0.5) is 0 Å². The van der Waals surface area contributed by atoms with Gasteiger partial charge in [0.1, 0.15) is 0 Å². The highest BCUT2D eigenvalue weighted by molar-refractivity contribution is 5.77. The van der Waals surface area contributed by atoms with Crippen molar-refractivity contribution in [2.45, 2.75) is 82.5 Å². The third kappa shape index (κ3) is 2.94. The monoisotopic (exact) mass is 329 g/mol. The topological polar surface area (TPSA) is 0 Å². The zero-order chi connectivity index (χ0) is 16.6. The van der Waals surface area contributed by atoms with Crippen molar-refractivity contribution in [1.29, 1.82) is 0 Å². The number of rotatable bonds is 2. The van der Waals surface area contributed by atoms with Gasteiger partial charge in [0.05, 0.1) is 0 Å². The zero-order valence-corrected chi connectivity index (χ0v) is 15.3. The molecule has 5 rings (SSSR count). The van der Waals surface area contributed by atoms with Crippen molar-refractivity contribution < 1.29 is 0 Å². The molecule has 3 aliphatic rings. The van der Waals surface area contributed by atoms with Crippen LogP contribution in [0.1, 0.15) is 98.3 Å². The molecule has 0 spiro atoms. The summed E-state index contributed by atoms with van der Waals surface area (Å²) in [6.07, 6.45) is 15.1. The van der Waals surface area contributed by atoms with Crippen LogP contribution in [0.2, 0.25) is 0 Å². The van der Waals surface area contributed by atoms with E-state index in [1.807, 2.05) is 0 Å². The van der Waals surface area contributed by atoms with E-state index in [0.29, 0.717) is 0 Å². The molecule has 0 aromatic heterocycles. The molecule has 0 aliphatic heterocycles. The van der Waals surface area contributed by atoms with E-state index in [-0.39, 0.29) is 0 Å². The first-order chi connectivity index (χ1) is 12.4. The normalized spacial score (nSPS) is 21.1. The molecule has 0 amide bonds. The van der Waals surface area contributed by atoms with Gasteiger partial charge in [0.2, 0.25) is 0 Å². The van der Waals surface area contributed by atoms with Gasteiger partial charge in [-0.05, 0) is 83.4 Å². The van der Waals surface area contributed by atoms with Gasteiger partial charge in [0.15, 0.2) is 0 Å². The van der Waals surface area contributed by atoms with Crippen LogP contribution in [0, 0.1) is 6.07 Å². The molecule has 0 N–H and O–H groups in total. The maximum atomic E-state index is 3.84. The Labute approximate surface area is 152 Å². The molecule has 0 nitrogen and oxygen atoms in total. The lowest BCUT2D eigenvalue weighted by molar-refractivity contribution is 0.443. The summed E-state index contributed by atoms with van der Waals surface area (Å²) in [4.78, 5) is 0. The molecular weight excluding hydrogens is 300 g/mol. The molecular formula is C25H29. The van der Waals surface area contributed by atoms with Crippen molar-refractivity contribution in [3.05, 3.63) is 58.7 Å². The first kappa shape index (κ1) is 15.7. The van der Waals surface area contributed by atoms with E-state index < -0.39 is 0 Å². The first-order valence-electron chi connectivity index (χ1n) is 10.6. The highest BCUT2D eigenvalue weighted by Gasteiger charge is 2.24. The molecule has 2 aromatic rings. The van der Waals surface area contributed by atoms with E-state index in [1.54, 1.807) is 11.1 Å². The molecule has 1 radical (unpaired) electrons. The van der Waals surface area contributed by atoms with E-state index in [4.69, 9.17) is 0 Å². The van der Waals surface area contributed by atoms with E-state index in [0.717, 1.165) is 18.3 Å². The molecule has 2 aromatic carbocycles. The largest absolute Gasteiger partial charge is 0.0581 e. The maximum absolute atomic E-state index is 3.84. The first-order valence-corrected chi connectivity index (χ1v) is 10.6. The Bertz CT molecular complexity index is 692. The summed E-state index contributed by atoms with van der Waals surface area (Å²) in [5, 5.41) is 0. The lowest BCUT2D eigenvalue weighted by Gasteiger charge is -2.22. The molecule has 0 atom stereocenters. The van der Waals surface area contributed by atoms with Crippen molar-refractivity contribution in [3.8, 4) is 11.1 Å². The predicted octanol–water partition coefficient (Wildman–Crippen LogP) is 7.15. The van der Waals surface area contributed by atoms with Crippen molar-refractivity contribution in [3.63, 3.8) is 0 Å². The minimum absolute atomic E-state index is 0.764. The quantitative estimate of drug-likeness (QED) is 0.468. The van der Waals surface area contributed by atoms with Gasteiger partial charge in [0.25, 0.3) is 0 Å². The average molecular weight is 330 g/mol. The van der Waals surface area contributed by atoms with Gasteiger partial charge in [-0.3, -0.25) is 0 Å². The molecule has 0 heterocycles. The van der Waals surface area contributed by atoms with Crippen molar-refractivity contribution in [2.24, 2.45) is 0 Å². The second kappa shape index (κ2) is 6.63. The van der Waals surface area contributed by atoms with Gasteiger partial charge >= 0.3 is 0 Å². The molecule has 0 heteroatoms. The zero-order valence-electron chi connectivity index (χ0n) is 15.3. The molecule has 129 valence electrons. The molecule has 3 aliphatic carbocycles. The summed E-state index contributed by atoms with van der Waals surface area (Å²) >= 11 is 0. The van der Waals surface area contributed by atoms with Gasteiger partial charge in [0, 0.05) is 0 Å². The van der Waals surface area contributed by atoms with Gasteiger partial charge < -0.3 is 0 Å². The lowest BCUT2D eigenvalue weighted by atomic mass is 9.83. The molecule has 25 heavy (non-hydrogen) atoms. The van der Waals surface area contributed by atoms with Crippen LogP contribution in [0.5, 0.6) is 0 Å². The van der Waals surface area contributed by atoms with Crippen molar-refractivity contribution in [2.75, 3.05) is 0 Å². The highest BCUT2D eigenvalue weighted by atomic mass is 14.3. The molecule has 0 saturated heterocycles. The summed E-state index contributed by atoms with van der Waals surface area (Å²) in [6.45, 7) is 0. The average Bonchev–Trinajstić information content (AvgIpc) is 3.06. The fraction of sp³-hybridized carbons (Fsp3) is 0.520. The molecule has 0 unspecified atom stereocenters. The van der Waals surface area contributed by atoms with E-state index in [2.05, 4.69) is 36.4 Å². The van der Waals surface area contributed by atoms with Crippen molar-refractivity contribution in [1.82, 2.24) is 0 Å². The van der Waals surface area contributed by atoms with Crippen LogP contribution < -0.4 is 0 Å². The van der Waals surface area contributed by atoms with Crippen molar-refractivity contribution >= 4 is 0 Å². The van der Waals surface area contributed by atoms with Gasteiger partial charge in [-0.1, -0.05) is 68.9 Å². The van der Waals surface area contributed by atoms with E-state index >= 15 is 0 Å². The Morgan fingerprint density at radius 3 is 2.12 bits per heavy atom. The predicted molar refractivity (Wildman–Crippen MR) is 105 cm³/mol. The fourth-order valence-corrected chi connectivity index (χ4v) is 5.50. The minimum Gasteiger partial charge on any atom is -0.0581 e. The Morgan fingerprint density at radius 1 is 0.680 bits per heavy atom. The number of benzene rings is 2. The van der Waals surface area contributed by atoms with Crippen LogP contribution in [0.15, 0.2) is 30.3 Å². The van der Waals surface area contributed by atoms with Gasteiger partial charge in [-0.25, -0.2) is 0 Å². The van der Waals surface area contributed by atoms with Gasteiger partial charge in [-0.15, -0.1) is 0 Å². The Hall–Kier alpha value is -1.56. The third-order valence-corrected chi connectivity index (χ3v) is 6.96. The summed E-state index contributed by atoms with van der Waals surface area (Å²) in [5.41, 5.74) is 9.01. The van der Waals surface area contributed by atoms with Crippen LogP contribution >= 0.6 is 0 Å². The molecule has 0 bridgehead atoms. The van der Waals surface area contributed by atoms with Crippen LogP contribution in [-0.2, 0) is 6.42 Å². The van der Waals surface area contributed by atoms with E-state index in [1.165, 1.54) is 86.5 Å². The Morgan fingerprint density at radius 2 is 1.36 bits per heavy atom.